The summed E-state index contributed by atoms with van der Waals surface area (Å²) >= 11 is 0. The summed E-state index contributed by atoms with van der Waals surface area (Å²) in [7, 11) is -9.33. The van der Waals surface area contributed by atoms with E-state index in [1.807, 2.05) is 0 Å². The smallest absolute Gasteiger partial charge is 1.00 e. The van der Waals surface area contributed by atoms with Gasteiger partial charge in [-0.15, -0.1) is 0 Å². The van der Waals surface area contributed by atoms with Gasteiger partial charge in [0.05, 0.1) is 5.60 Å². The molecule has 0 rings (SSSR count). The zero-order valence-electron chi connectivity index (χ0n) is 25.7. The number of hydrogen-bond acceptors (Lipinski definition) is 5. The first-order valence-electron chi connectivity index (χ1n) is 14.2. The van der Waals surface area contributed by atoms with Crippen molar-refractivity contribution in [1.29, 1.82) is 0 Å². The molecule has 0 aliphatic carbocycles. The summed E-state index contributed by atoms with van der Waals surface area (Å²) < 4.78 is 63.2. The van der Waals surface area contributed by atoms with E-state index in [1.165, 1.54) is 128 Å². The van der Waals surface area contributed by atoms with Gasteiger partial charge in [0, 0.05) is 0 Å². The van der Waals surface area contributed by atoms with E-state index in [4.69, 9.17) is 35.0 Å². The summed E-state index contributed by atoms with van der Waals surface area (Å²) in [6.45, 7) is 6.63. The van der Waals surface area contributed by atoms with Crippen molar-refractivity contribution in [2.75, 3.05) is 0 Å². The Labute approximate surface area is 258 Å². The van der Waals surface area contributed by atoms with Gasteiger partial charge in [-0.3, -0.25) is 18.2 Å². The number of rotatable bonds is 22. The topological polar surface area (TPSA) is 169 Å². The van der Waals surface area contributed by atoms with Gasteiger partial charge in [0.25, 0.3) is 0 Å². The van der Waals surface area contributed by atoms with Crippen LogP contribution >= 0.6 is 0 Å². The molecule has 0 spiro atoms. The first kappa shape index (κ1) is 45.7. The molecule has 0 fully saturated rings. The molecule has 0 unspecified atom stereocenters. The van der Waals surface area contributed by atoms with Crippen molar-refractivity contribution in [2.24, 2.45) is 0 Å². The van der Waals surface area contributed by atoms with Gasteiger partial charge in [-0.25, -0.2) is 0 Å². The van der Waals surface area contributed by atoms with Gasteiger partial charge in [0.1, 0.15) is 0 Å². The van der Waals surface area contributed by atoms with Crippen LogP contribution in [-0.2, 0) is 20.8 Å². The number of hydrogen-bond donors (Lipinski definition) is 5. The molecule has 0 aromatic rings. The maximum atomic E-state index is 10.6. The van der Waals surface area contributed by atoms with Gasteiger partial charge in [0.15, 0.2) is 0 Å². The average Bonchev–Trinajstić information content (AvgIpc) is 2.74. The number of aliphatic hydroxyl groups is 1. The first-order chi connectivity index (χ1) is 17.1. The third-order valence-corrected chi connectivity index (χ3v) is 6.14. The van der Waals surface area contributed by atoms with Crippen LogP contribution in [0.2, 0.25) is 0 Å². The minimum absolute atomic E-state index is 0. The maximum Gasteiger partial charge on any atom is 1.00 e. The van der Waals surface area contributed by atoms with Crippen LogP contribution in [0.4, 0.5) is 0 Å². The van der Waals surface area contributed by atoms with E-state index < -0.39 is 26.4 Å². The van der Waals surface area contributed by atoms with Crippen molar-refractivity contribution in [1.82, 2.24) is 0 Å². The summed E-state index contributed by atoms with van der Waals surface area (Å²) in [6.07, 6.45) is 29.5. The Hall–Kier alpha value is 0.700. The molecule has 0 atom stereocenters. The van der Waals surface area contributed by atoms with Crippen LogP contribution in [0.5, 0.6) is 0 Å². The van der Waals surface area contributed by atoms with Crippen LogP contribution in [-0.4, -0.2) is 45.8 Å². The normalized spacial score (nSPS) is 11.6. The molecule has 0 aromatic heterocycles. The van der Waals surface area contributed by atoms with Crippen LogP contribution in [0.1, 0.15) is 163 Å². The molecule has 0 heterocycles. The molecule has 0 aliphatic rings. The van der Waals surface area contributed by atoms with E-state index in [2.05, 4.69) is 20.8 Å². The molecule has 5 N–H and O–H groups in total. The largest absolute Gasteiger partial charge is 1.00 e. The minimum Gasteiger partial charge on any atom is -1.00 e. The summed E-state index contributed by atoms with van der Waals surface area (Å²) in [5, 5.41) is 10.6. The SMILES string of the molecule is CCCCCCCCCCCCC(C)(O)CCCCCCCCCCCC.O=S(=O)(O)O.O=S(=O)(O)O.[H-].[Na+]. The minimum atomic E-state index is -4.67. The first-order valence-corrected chi connectivity index (χ1v) is 17.0. The molecule has 0 saturated heterocycles. The second-order valence-corrected chi connectivity index (χ2v) is 12.0. The number of unbranched alkanes of at least 4 members (excludes halogenated alkanes) is 18. The second-order valence-electron chi connectivity index (χ2n) is 10.3. The standard InChI is InChI=1S/C26H54O.Na.2H2O4S.H/c1-4-6-8-10-12-14-16-18-20-22-24-26(3,27)25-23-21-19-17-15-13-11-9-7-5-2;;2*1-5(2,3)4;/h27H,4-25H2,1-3H3;;2*(H2,1,2,3,4);/q;+1;;;-1. The Bertz CT molecular complexity index is 605. The summed E-state index contributed by atoms with van der Waals surface area (Å²) in [5.41, 5.74) is -0.416. The molecular weight excluding hydrogens is 543 g/mol. The van der Waals surface area contributed by atoms with Crippen LogP contribution < -0.4 is 29.6 Å². The van der Waals surface area contributed by atoms with Crippen molar-refractivity contribution >= 4 is 20.8 Å². The third kappa shape index (κ3) is 65.6. The van der Waals surface area contributed by atoms with Gasteiger partial charge in [-0.2, -0.15) is 16.8 Å². The van der Waals surface area contributed by atoms with Crippen molar-refractivity contribution in [3.05, 3.63) is 0 Å². The Morgan fingerprint density at radius 3 is 0.816 bits per heavy atom. The van der Waals surface area contributed by atoms with Crippen LogP contribution in [0.3, 0.4) is 0 Å². The molecule has 0 radical (unpaired) electrons. The zero-order chi connectivity index (χ0) is 29.1. The molecule has 9 nitrogen and oxygen atoms in total. The van der Waals surface area contributed by atoms with E-state index in [-0.39, 0.29) is 31.0 Å². The van der Waals surface area contributed by atoms with E-state index in [1.54, 1.807) is 0 Å². The van der Waals surface area contributed by atoms with Gasteiger partial charge in [0.2, 0.25) is 0 Å². The summed E-state index contributed by atoms with van der Waals surface area (Å²) in [6, 6.07) is 0. The quantitative estimate of drug-likeness (QED) is 0.0637. The Balaban J connectivity index is -0.000000272. The van der Waals surface area contributed by atoms with Crippen molar-refractivity contribution in [3.8, 4) is 0 Å². The summed E-state index contributed by atoms with van der Waals surface area (Å²) in [4.78, 5) is 0. The van der Waals surface area contributed by atoms with Crippen molar-refractivity contribution in [3.63, 3.8) is 0 Å². The molecule has 0 aromatic carbocycles. The van der Waals surface area contributed by atoms with Crippen LogP contribution in [0.15, 0.2) is 0 Å². The van der Waals surface area contributed by atoms with Crippen LogP contribution in [0.25, 0.3) is 0 Å². The molecule has 230 valence electrons. The van der Waals surface area contributed by atoms with E-state index >= 15 is 0 Å². The van der Waals surface area contributed by atoms with Crippen molar-refractivity contribution < 1.29 is 71.1 Å². The predicted octanol–water partition coefficient (Wildman–Crippen LogP) is 5.17. The Morgan fingerprint density at radius 2 is 0.632 bits per heavy atom. The fourth-order valence-corrected chi connectivity index (χ4v) is 4.11. The second kappa shape index (κ2) is 30.7. The summed E-state index contributed by atoms with van der Waals surface area (Å²) in [5.74, 6) is 0. The maximum absolute atomic E-state index is 10.6. The van der Waals surface area contributed by atoms with Gasteiger partial charge in [-0.05, 0) is 19.8 Å². The predicted molar refractivity (Wildman–Crippen MR) is 153 cm³/mol. The van der Waals surface area contributed by atoms with E-state index in [0.717, 1.165) is 12.8 Å². The van der Waals surface area contributed by atoms with Crippen molar-refractivity contribution in [2.45, 2.75) is 168 Å². The van der Waals surface area contributed by atoms with Crippen LogP contribution in [0, 0.1) is 0 Å². The van der Waals surface area contributed by atoms with Gasteiger partial charge >= 0.3 is 50.4 Å². The third-order valence-electron chi connectivity index (χ3n) is 6.14. The fourth-order valence-electron chi connectivity index (χ4n) is 4.11. The zero-order valence-corrected chi connectivity index (χ0v) is 28.4. The average molecular weight is 603 g/mol. The Kier molecular flexibility index (Phi) is 36.8. The molecule has 38 heavy (non-hydrogen) atoms. The van der Waals surface area contributed by atoms with Gasteiger partial charge < -0.3 is 6.53 Å². The molecule has 0 aliphatic heterocycles. The fraction of sp³-hybridized carbons (Fsp3) is 1.00. The van der Waals surface area contributed by atoms with E-state index in [0.29, 0.717) is 0 Å². The molecule has 0 saturated carbocycles. The molecule has 0 amide bonds. The van der Waals surface area contributed by atoms with Gasteiger partial charge in [-0.1, -0.05) is 142 Å². The molecule has 12 heteroatoms. The Morgan fingerprint density at radius 1 is 0.474 bits per heavy atom. The van der Waals surface area contributed by atoms with E-state index in [9.17, 15) is 5.11 Å². The molecule has 0 bridgehead atoms. The monoisotopic (exact) mass is 602 g/mol. The molecular formula is C26H59NaO9S2.